The Morgan fingerprint density at radius 3 is 1.60 bits per heavy atom. The number of nitrogens with zero attached hydrogens (tertiary/aromatic N) is 13. The molecule has 0 aliphatic carbocycles. The van der Waals surface area contributed by atoms with Gasteiger partial charge in [0.1, 0.15) is 96.4 Å². The fourth-order valence-corrected chi connectivity index (χ4v) is 11.9. The number of aromatic amines is 3. The number of anilines is 5. The normalized spacial score (nSPS) is 25.2. The van der Waals surface area contributed by atoms with Gasteiger partial charge in [-0.2, -0.15) is 9.97 Å². The summed E-state index contributed by atoms with van der Waals surface area (Å²) in [5.41, 5.74) is 18.5. The highest BCUT2D eigenvalue weighted by Crippen LogP contribution is 2.42. The average molecular weight is 1590 g/mol. The first-order valence-corrected chi connectivity index (χ1v) is 35.5. The van der Waals surface area contributed by atoms with Crippen LogP contribution in [0.4, 0.5) is 29.4 Å². The second-order valence-corrected chi connectivity index (χ2v) is 27.1. The Morgan fingerprint density at radius 1 is 0.617 bits per heavy atom. The summed E-state index contributed by atoms with van der Waals surface area (Å²) in [5.74, 6) is -0.829. The topological polar surface area (TPSA) is 773 Å². The Bertz CT molecular complexity index is 4810. The molecule has 0 radical (unpaired) electrons. The minimum Gasteiger partial charge on any atom is -0.394 e. The lowest BCUT2D eigenvalue weighted by atomic mass is 10.1. The van der Waals surface area contributed by atoms with Crippen molar-refractivity contribution >= 4 is 121 Å². The number of benzene rings is 1. The molecule has 26 N–H and O–H groups in total. The van der Waals surface area contributed by atoms with Gasteiger partial charge >= 0.3 is 23.5 Å². The number of para-hydroxylation sites is 1. The molecule has 1 aromatic carbocycles. The summed E-state index contributed by atoms with van der Waals surface area (Å²) in [4.78, 5) is 141. The van der Waals surface area contributed by atoms with Crippen molar-refractivity contribution < 1.29 is 131 Å². The van der Waals surface area contributed by atoms with E-state index >= 15 is 0 Å². The van der Waals surface area contributed by atoms with Gasteiger partial charge in [0.15, 0.2) is 68.8 Å². The predicted molar refractivity (Wildman–Crippen MR) is 364 cm³/mol. The lowest BCUT2D eigenvalue weighted by Crippen LogP contribution is -2.33. The first kappa shape index (κ1) is 84.0. The minimum absolute atomic E-state index is 0. The van der Waals surface area contributed by atoms with E-state index in [9.17, 15) is 73.7 Å². The van der Waals surface area contributed by atoms with Crippen molar-refractivity contribution in [1.82, 2.24) is 78.1 Å². The molecule has 0 saturated carbocycles. The van der Waals surface area contributed by atoms with Gasteiger partial charge in [0.05, 0.1) is 57.8 Å². The van der Waals surface area contributed by atoms with E-state index in [4.69, 9.17) is 82.8 Å². The second kappa shape index (κ2) is 34.7. The van der Waals surface area contributed by atoms with Crippen molar-refractivity contribution in [1.29, 1.82) is 0 Å². The molecule has 586 valence electrons. The van der Waals surface area contributed by atoms with E-state index in [1.54, 1.807) is 11.5 Å². The van der Waals surface area contributed by atoms with E-state index < -0.39 is 165 Å². The van der Waals surface area contributed by atoms with Crippen LogP contribution in [0.2, 0.25) is 0 Å². The molecular weight excluding hydrogens is 1520 g/mol. The minimum atomic E-state index is -4.76. The van der Waals surface area contributed by atoms with Crippen LogP contribution in [0.3, 0.4) is 0 Å². The number of Topliss-reactive ketones (excluding diaryl/α,β-unsaturated/α-hetero) is 1. The van der Waals surface area contributed by atoms with Gasteiger partial charge < -0.3 is 122 Å². The Balaban J connectivity index is 0.000000171. The third-order valence-corrected chi connectivity index (χ3v) is 17.4. The van der Waals surface area contributed by atoms with E-state index in [-0.39, 0.29) is 70.3 Å². The maximum Gasteiger partial charge on any atom is 0.469 e. The first-order chi connectivity index (χ1) is 49.8. The highest BCUT2D eigenvalue weighted by atomic mass is 32.1. The number of hydrogen-bond acceptors (Lipinski definition) is 37. The number of amides is 1. The summed E-state index contributed by atoms with van der Waals surface area (Å²) in [5, 5.41) is 93.7. The number of nitrogen functional groups attached to an aromatic ring is 3. The number of phosphoric acid groups is 3. The number of carbonyl (C=O) groups excluding carboxylic acids is 2. The van der Waals surface area contributed by atoms with Crippen LogP contribution >= 0.6 is 35.7 Å². The third-order valence-electron chi connectivity index (χ3n) is 15.7. The number of nitrogens with two attached hydrogens (primary N) is 3. The number of hydrogen-bond donors (Lipinski definition) is 23. The van der Waals surface area contributed by atoms with Gasteiger partial charge in [-0.1, -0.05) is 31.8 Å². The second-order valence-electron chi connectivity index (χ2n) is 23.0. The van der Waals surface area contributed by atoms with Crippen molar-refractivity contribution in [3.05, 3.63) is 86.8 Å². The molecule has 4 saturated heterocycles. The highest BCUT2D eigenvalue weighted by molar-refractivity contribution is 7.71. The smallest absolute Gasteiger partial charge is 0.394 e. The Labute approximate surface area is 602 Å². The fraction of sp³-hybridized carbons (Fsp3) is 0.472. The van der Waals surface area contributed by atoms with Gasteiger partial charge in [-0.25, -0.2) is 48.6 Å². The molecule has 1 amide bonds. The fourth-order valence-electron chi connectivity index (χ4n) is 10.6. The summed E-state index contributed by atoms with van der Waals surface area (Å²) in [6.45, 7) is 0.620. The largest absolute Gasteiger partial charge is 0.469 e. The van der Waals surface area contributed by atoms with Crippen LogP contribution in [0, 0.1) is 4.64 Å². The number of carbonyl (C=O) groups is 2. The SMILES string of the molecule is C.CC(O)C(=O)Nc1nc2c(ncn2C2OC(CO)C(O)C2O)c(=O)[nH]1.CNc1ccccc1C(C)=O.Nc1nc(=S)c2ncn([C@@H]3O[C@H](COP(=O)(O)O)[C@@H](O)[C@H]3O)c2[nH]1.Nc1nc2c(ncn2[C@@H]2O[C@H](COP(=O)(O)O)[C@@H](O)C2O)c(=O)[nH]1.Nc1ncnc2c1ncn2[C@H]1C[C@H](O)[C@@H](COP(=O)(O)O)O1. The van der Waals surface area contributed by atoms with Gasteiger partial charge in [-0.3, -0.25) is 66.3 Å². The summed E-state index contributed by atoms with van der Waals surface area (Å²) >= 11 is 5.04. The van der Waals surface area contributed by atoms with Crippen LogP contribution in [0.15, 0.2) is 65.5 Å². The van der Waals surface area contributed by atoms with E-state index in [2.05, 4.69) is 84.0 Å². The number of phosphoric ester groups is 3. The maximum atomic E-state index is 12.1. The standard InChI is InChI=1S/C13H17N5O7.C10H14N5O8P.C10H14N5O7PS.C10H14N5O6P.C9H11NO.CH4/c1-4(20)10(23)16-13-15-9-6(11(24)17-13)14-3-18(9)12-8(22)7(21)5(2-19)25-12;11-10-13-7-4(8(18)14-10)12-2-15(7)9-6(17)5(16)3(23-9)1-22-24(19,20)21;11-10-13-7-4(8(24)14-10)12-2-15(7)9-6(17)5(16)3(22-9)1-21-23(18,19)20;11-9-8-10(13-3-12-9)15(4-14-8)7-1-5(16)6(21-7)2-20-22(17,18)19;1-7(11)8-5-3-4-6-9(8)10-2;/h3-5,7-8,12,19-22H,2H2,1H3,(H2,15,16,17,23,24);2-3,5-6,9,16-17H,1H2,(H2,19,20,21)(H3,11,13,14,18);2-3,5-6,9,16-17H,1H2,(H2,18,19,20)(H3,11,13,14,24);3-7,16H,1-2H2,(H2,11,12,13)(H2,17,18,19);3-6,10H,1-2H3;1H4/t;3-,5-,6?,9-;3-,5-,6-,9-;5-,6+,7+;;/m.110../s1. The van der Waals surface area contributed by atoms with Crippen LogP contribution in [-0.4, -0.2) is 272 Å². The molecule has 6 unspecified atom stereocenters. The van der Waals surface area contributed by atoms with Gasteiger partial charge in [-0.15, -0.1) is 0 Å². The Kier molecular flexibility index (Phi) is 27.3. The lowest BCUT2D eigenvalue weighted by Gasteiger charge is -2.17. The zero-order chi connectivity index (χ0) is 77.8. The third kappa shape index (κ3) is 20.0. The van der Waals surface area contributed by atoms with Gasteiger partial charge in [0.2, 0.25) is 11.9 Å². The quantitative estimate of drug-likeness (QED) is 0.0217. The van der Waals surface area contributed by atoms with Crippen LogP contribution in [0.25, 0.3) is 44.7 Å². The molecule has 12 heterocycles. The van der Waals surface area contributed by atoms with E-state index in [1.807, 2.05) is 31.3 Å². The van der Waals surface area contributed by atoms with Crippen molar-refractivity contribution in [3.8, 4) is 0 Å². The number of aliphatic hydroxyl groups excluding tert-OH is 9. The van der Waals surface area contributed by atoms with E-state index in [1.165, 1.54) is 52.3 Å². The molecule has 4 aliphatic rings. The summed E-state index contributed by atoms with van der Waals surface area (Å²) in [6.07, 6.45) is -12.4. The van der Waals surface area contributed by atoms with Crippen molar-refractivity contribution in [2.45, 2.75) is 126 Å². The molecule has 4 fully saturated rings. The number of imidazole rings is 4. The number of ether oxygens (including phenoxy) is 4. The van der Waals surface area contributed by atoms with Gasteiger partial charge in [-0.05, 0) is 26.0 Å². The number of ketones is 1. The molecule has 107 heavy (non-hydrogen) atoms. The number of nitrogens with one attached hydrogen (secondary N) is 5. The number of fused-ring (bicyclic) bond motifs is 4. The zero-order valence-corrected chi connectivity index (χ0v) is 58.2. The Morgan fingerprint density at radius 2 is 1.08 bits per heavy atom. The van der Waals surface area contributed by atoms with Crippen molar-refractivity contribution in [2.24, 2.45) is 0 Å². The van der Waals surface area contributed by atoms with Crippen LogP contribution in [-0.2, 0) is 51.0 Å². The number of aliphatic hydroxyl groups is 9. The van der Waals surface area contributed by atoms with Crippen LogP contribution < -0.4 is 39.0 Å². The maximum absolute atomic E-state index is 12.1. The van der Waals surface area contributed by atoms with Crippen molar-refractivity contribution in [3.63, 3.8) is 0 Å². The molecule has 0 spiro atoms. The summed E-state index contributed by atoms with van der Waals surface area (Å²) < 4.78 is 72.4. The van der Waals surface area contributed by atoms with Gasteiger partial charge in [0, 0.05) is 24.7 Å². The molecule has 13 rings (SSSR count). The molecule has 8 aromatic heterocycles. The molecule has 0 bridgehead atoms. The molecule has 50 nitrogen and oxygen atoms in total. The summed E-state index contributed by atoms with van der Waals surface area (Å²) in [7, 11) is -12.3. The highest BCUT2D eigenvalue weighted by Gasteiger charge is 2.48. The predicted octanol–water partition coefficient (Wildman–Crippen LogP) is -4.99. The van der Waals surface area contributed by atoms with E-state index in [0.717, 1.165) is 11.3 Å². The lowest BCUT2D eigenvalue weighted by molar-refractivity contribution is -0.123. The summed E-state index contributed by atoms with van der Waals surface area (Å²) in [6, 6.07) is 7.46. The molecule has 54 heteroatoms. The number of rotatable bonds is 18. The zero-order valence-electron chi connectivity index (χ0n) is 54.7. The monoisotopic (exact) mass is 1590 g/mol. The molecule has 4 aliphatic heterocycles. The van der Waals surface area contributed by atoms with Gasteiger partial charge in [0.25, 0.3) is 17.0 Å². The van der Waals surface area contributed by atoms with Crippen LogP contribution in [0.1, 0.15) is 63.0 Å². The molecule has 9 aromatic rings. The van der Waals surface area contributed by atoms with E-state index in [0.29, 0.717) is 22.3 Å². The van der Waals surface area contributed by atoms with Crippen molar-refractivity contribution in [2.75, 3.05) is 61.3 Å². The average Bonchev–Trinajstić information content (AvgIpc) is 1.63. The Hall–Kier alpha value is -8.61. The van der Waals surface area contributed by atoms with Crippen LogP contribution in [0.5, 0.6) is 0 Å². The number of H-pyrrole nitrogens is 3. The molecule has 16 atom stereocenters. The number of aromatic nitrogens is 16. The first-order valence-electron chi connectivity index (χ1n) is 30.5. The molecular formula is C53H74N21O29P3S.